The van der Waals surface area contributed by atoms with Gasteiger partial charge in [0.25, 0.3) is 0 Å². The summed E-state index contributed by atoms with van der Waals surface area (Å²) in [5, 5.41) is 0. The molecule has 0 atom stereocenters. The Balaban J connectivity index is 2.31. The van der Waals surface area contributed by atoms with Crippen LogP contribution in [0.1, 0.15) is 33.6 Å². The lowest BCUT2D eigenvalue weighted by molar-refractivity contribution is 0.187. The normalized spacial score (nSPS) is 26.0. The van der Waals surface area contributed by atoms with Crippen LogP contribution in [0.2, 0.25) is 0 Å². The molecular formula is C12H26N2O2S. The van der Waals surface area contributed by atoms with Gasteiger partial charge in [0.2, 0.25) is 0 Å². The molecule has 0 aliphatic heterocycles. The van der Waals surface area contributed by atoms with Gasteiger partial charge in [0, 0.05) is 19.1 Å². The van der Waals surface area contributed by atoms with Crippen molar-refractivity contribution in [3.8, 4) is 0 Å². The topological polar surface area (TPSA) is 63.4 Å². The van der Waals surface area contributed by atoms with Crippen LogP contribution in [0.3, 0.4) is 0 Å². The summed E-state index contributed by atoms with van der Waals surface area (Å²) < 4.78 is 23.2. The van der Waals surface area contributed by atoms with Crippen LogP contribution in [0, 0.1) is 5.92 Å². The number of nitrogens with zero attached hydrogens (tertiary/aromatic N) is 1. The van der Waals surface area contributed by atoms with Crippen molar-refractivity contribution < 1.29 is 8.42 Å². The summed E-state index contributed by atoms with van der Waals surface area (Å²) in [6, 6.07) is 0.367. The molecule has 1 aliphatic carbocycles. The van der Waals surface area contributed by atoms with Crippen molar-refractivity contribution in [3.05, 3.63) is 0 Å². The monoisotopic (exact) mass is 262 g/mol. The third kappa shape index (κ3) is 4.23. The molecule has 0 aromatic rings. The van der Waals surface area contributed by atoms with E-state index in [9.17, 15) is 8.42 Å². The minimum atomic E-state index is -2.99. The van der Waals surface area contributed by atoms with Crippen molar-refractivity contribution in [2.45, 2.75) is 44.4 Å². The van der Waals surface area contributed by atoms with Crippen LogP contribution in [0.25, 0.3) is 0 Å². The minimum Gasteiger partial charge on any atom is -0.328 e. The molecule has 0 radical (unpaired) electrons. The van der Waals surface area contributed by atoms with Gasteiger partial charge in [-0.1, -0.05) is 0 Å². The maximum atomic E-state index is 11.9. The Morgan fingerprint density at radius 2 is 1.82 bits per heavy atom. The van der Waals surface area contributed by atoms with E-state index in [0.717, 1.165) is 19.4 Å². The molecule has 4 nitrogen and oxygen atoms in total. The fourth-order valence-electron chi connectivity index (χ4n) is 2.05. The second-order valence-corrected chi connectivity index (χ2v) is 9.15. The number of rotatable bonds is 5. The molecule has 0 aromatic heterocycles. The molecule has 2 N–H and O–H groups in total. The third-order valence-corrected chi connectivity index (χ3v) is 6.10. The standard InChI is InChI=1S/C12H26N2O2S/c1-12(2,3)17(15,16)6-5-14(4)9-10-7-11(13)8-10/h10-11H,5-9,13H2,1-4H3. The van der Waals surface area contributed by atoms with Crippen LogP contribution in [-0.4, -0.2) is 50.0 Å². The van der Waals surface area contributed by atoms with E-state index < -0.39 is 14.6 Å². The van der Waals surface area contributed by atoms with Crippen molar-refractivity contribution in [2.75, 3.05) is 25.9 Å². The molecule has 1 saturated carbocycles. The van der Waals surface area contributed by atoms with E-state index in [1.54, 1.807) is 20.8 Å². The summed E-state index contributed by atoms with van der Waals surface area (Å²) in [7, 11) is -1.01. The first-order chi connectivity index (χ1) is 7.62. The van der Waals surface area contributed by atoms with E-state index in [-0.39, 0.29) is 5.75 Å². The van der Waals surface area contributed by atoms with Crippen molar-refractivity contribution >= 4 is 9.84 Å². The summed E-state index contributed by atoms with van der Waals surface area (Å²) in [5.74, 6) is 0.901. The minimum absolute atomic E-state index is 0.242. The molecule has 1 rings (SSSR count). The quantitative estimate of drug-likeness (QED) is 0.798. The molecule has 0 saturated heterocycles. The summed E-state index contributed by atoms with van der Waals surface area (Å²) in [5.41, 5.74) is 5.73. The Hall–Kier alpha value is -0.130. The van der Waals surface area contributed by atoms with E-state index in [1.807, 2.05) is 7.05 Å². The van der Waals surface area contributed by atoms with Crippen LogP contribution in [0.5, 0.6) is 0 Å². The maximum Gasteiger partial charge on any atom is 0.156 e. The smallest absolute Gasteiger partial charge is 0.156 e. The van der Waals surface area contributed by atoms with Gasteiger partial charge in [-0.2, -0.15) is 0 Å². The molecule has 0 amide bonds. The van der Waals surface area contributed by atoms with Gasteiger partial charge in [-0.25, -0.2) is 8.42 Å². The lowest BCUT2D eigenvalue weighted by Crippen LogP contribution is -2.43. The molecule has 0 unspecified atom stereocenters. The first-order valence-corrected chi connectivity index (χ1v) is 7.93. The first-order valence-electron chi connectivity index (χ1n) is 6.28. The Labute approximate surface area is 105 Å². The predicted octanol–water partition coefficient (Wildman–Crippen LogP) is 0.869. The van der Waals surface area contributed by atoms with Crippen molar-refractivity contribution in [3.63, 3.8) is 0 Å². The SMILES string of the molecule is CN(CCS(=O)(=O)C(C)(C)C)CC1CC(N)C1. The number of nitrogens with two attached hydrogens (primary N) is 1. The number of hydrogen-bond donors (Lipinski definition) is 1. The fraction of sp³-hybridized carbons (Fsp3) is 1.00. The highest BCUT2D eigenvalue weighted by Crippen LogP contribution is 2.26. The molecule has 0 aromatic carbocycles. The van der Waals surface area contributed by atoms with Crippen LogP contribution < -0.4 is 5.73 Å². The van der Waals surface area contributed by atoms with Gasteiger partial charge in [-0.3, -0.25) is 0 Å². The van der Waals surface area contributed by atoms with E-state index in [2.05, 4.69) is 4.90 Å². The van der Waals surface area contributed by atoms with E-state index in [0.29, 0.717) is 18.5 Å². The molecular weight excluding hydrogens is 236 g/mol. The molecule has 5 heteroatoms. The summed E-state index contributed by atoms with van der Waals surface area (Å²) in [6.07, 6.45) is 2.16. The molecule has 0 bridgehead atoms. The Kier molecular flexibility index (Phi) is 4.60. The van der Waals surface area contributed by atoms with Gasteiger partial charge in [-0.05, 0) is 46.6 Å². The van der Waals surface area contributed by atoms with Gasteiger partial charge in [0.05, 0.1) is 10.5 Å². The van der Waals surface area contributed by atoms with Gasteiger partial charge >= 0.3 is 0 Å². The Bertz CT molecular complexity index is 340. The molecule has 1 fully saturated rings. The van der Waals surface area contributed by atoms with Crippen LogP contribution in [0.15, 0.2) is 0 Å². The average molecular weight is 262 g/mol. The largest absolute Gasteiger partial charge is 0.328 e. The molecule has 1 aliphatic rings. The zero-order valence-corrected chi connectivity index (χ0v) is 12.3. The van der Waals surface area contributed by atoms with Crippen LogP contribution in [0.4, 0.5) is 0 Å². The molecule has 17 heavy (non-hydrogen) atoms. The Morgan fingerprint density at radius 3 is 2.24 bits per heavy atom. The highest BCUT2D eigenvalue weighted by atomic mass is 32.2. The molecule has 0 spiro atoms. The van der Waals surface area contributed by atoms with Gasteiger partial charge < -0.3 is 10.6 Å². The van der Waals surface area contributed by atoms with Crippen LogP contribution in [-0.2, 0) is 9.84 Å². The van der Waals surface area contributed by atoms with Gasteiger partial charge in [-0.15, -0.1) is 0 Å². The van der Waals surface area contributed by atoms with Crippen molar-refractivity contribution in [1.82, 2.24) is 4.90 Å². The maximum absolute atomic E-state index is 11.9. The fourth-order valence-corrected chi connectivity index (χ4v) is 3.22. The van der Waals surface area contributed by atoms with E-state index in [1.165, 1.54) is 0 Å². The highest BCUT2D eigenvalue weighted by molar-refractivity contribution is 7.92. The van der Waals surface area contributed by atoms with Gasteiger partial charge in [0.1, 0.15) is 0 Å². The second kappa shape index (κ2) is 5.24. The molecule has 102 valence electrons. The van der Waals surface area contributed by atoms with Gasteiger partial charge in [0.15, 0.2) is 9.84 Å². The number of sulfone groups is 1. The lowest BCUT2D eigenvalue weighted by atomic mass is 9.81. The Morgan fingerprint density at radius 1 is 1.29 bits per heavy atom. The van der Waals surface area contributed by atoms with Crippen LogP contribution >= 0.6 is 0 Å². The summed E-state index contributed by atoms with van der Waals surface area (Å²) >= 11 is 0. The predicted molar refractivity (Wildman–Crippen MR) is 71.7 cm³/mol. The average Bonchev–Trinajstić information content (AvgIpc) is 2.10. The first kappa shape index (κ1) is 14.9. The second-order valence-electron chi connectivity index (χ2n) is 6.29. The highest BCUT2D eigenvalue weighted by Gasteiger charge is 2.30. The summed E-state index contributed by atoms with van der Waals surface area (Å²) in [4.78, 5) is 2.11. The third-order valence-electron chi connectivity index (χ3n) is 3.52. The summed E-state index contributed by atoms with van der Waals surface area (Å²) in [6.45, 7) is 6.85. The lowest BCUT2D eigenvalue weighted by Gasteiger charge is -2.35. The van der Waals surface area contributed by atoms with Crippen molar-refractivity contribution in [2.24, 2.45) is 11.7 Å². The zero-order chi connectivity index (χ0) is 13.3. The van der Waals surface area contributed by atoms with E-state index >= 15 is 0 Å². The number of hydrogen-bond acceptors (Lipinski definition) is 4. The molecule has 0 heterocycles. The zero-order valence-electron chi connectivity index (χ0n) is 11.4. The van der Waals surface area contributed by atoms with E-state index in [4.69, 9.17) is 5.73 Å². The van der Waals surface area contributed by atoms with Crippen molar-refractivity contribution in [1.29, 1.82) is 0 Å².